The summed E-state index contributed by atoms with van der Waals surface area (Å²) in [7, 11) is 0. The number of hydrogen-bond acceptors (Lipinski definition) is 4. The van der Waals surface area contributed by atoms with Crippen molar-refractivity contribution in [3.63, 3.8) is 0 Å². The number of pyridine rings is 1. The molecule has 5 nitrogen and oxygen atoms in total. The molecule has 3 aromatic heterocycles. The van der Waals surface area contributed by atoms with E-state index in [1.165, 1.54) is 16.8 Å². The van der Waals surface area contributed by atoms with Crippen LogP contribution < -0.4 is 0 Å². The Morgan fingerprint density at radius 3 is 3.00 bits per heavy atom. The van der Waals surface area contributed by atoms with E-state index >= 15 is 0 Å². The Morgan fingerprint density at radius 2 is 2.12 bits per heavy atom. The van der Waals surface area contributed by atoms with Crippen molar-refractivity contribution < 1.29 is 0 Å². The van der Waals surface area contributed by atoms with E-state index < -0.39 is 0 Å². The van der Waals surface area contributed by atoms with Crippen LogP contribution in [0.25, 0.3) is 5.52 Å². The van der Waals surface area contributed by atoms with Gasteiger partial charge in [0.1, 0.15) is 11.6 Å². The Kier molecular flexibility index (Phi) is 4.02. The Bertz CT molecular complexity index is 867. The molecule has 0 N–H and O–H groups in total. The second-order valence-electron chi connectivity index (χ2n) is 6.53. The molecule has 0 saturated carbocycles. The van der Waals surface area contributed by atoms with E-state index in [-0.39, 0.29) is 0 Å². The zero-order chi connectivity index (χ0) is 16.5. The molecule has 0 amide bonds. The van der Waals surface area contributed by atoms with Crippen molar-refractivity contribution >= 4 is 5.52 Å². The summed E-state index contributed by atoms with van der Waals surface area (Å²) in [5, 5.41) is 0. The second-order valence-corrected chi connectivity index (χ2v) is 6.53. The normalized spacial score (nSPS) is 14.9. The van der Waals surface area contributed by atoms with Gasteiger partial charge in [-0.15, -0.1) is 0 Å². The smallest absolute Gasteiger partial charge is 0.128 e. The van der Waals surface area contributed by atoms with E-state index in [1.54, 1.807) is 0 Å². The molecular formula is C19H23N5. The monoisotopic (exact) mass is 321 g/mol. The van der Waals surface area contributed by atoms with E-state index in [2.05, 4.69) is 46.5 Å². The van der Waals surface area contributed by atoms with Crippen LogP contribution in [0.5, 0.6) is 0 Å². The minimum atomic E-state index is 0.873. The topological polar surface area (TPSA) is 46.3 Å². The largest absolute Gasteiger partial charge is 0.304 e. The lowest BCUT2D eigenvalue weighted by Crippen LogP contribution is -2.31. The maximum Gasteiger partial charge on any atom is 0.128 e. The van der Waals surface area contributed by atoms with Crippen molar-refractivity contribution in [2.24, 2.45) is 0 Å². The fourth-order valence-electron chi connectivity index (χ4n) is 3.49. The lowest BCUT2D eigenvalue weighted by atomic mass is 10.1. The van der Waals surface area contributed by atoms with Crippen molar-refractivity contribution in [2.45, 2.75) is 46.2 Å². The molecule has 24 heavy (non-hydrogen) atoms. The summed E-state index contributed by atoms with van der Waals surface area (Å²) in [6.45, 7) is 7.04. The van der Waals surface area contributed by atoms with E-state index in [0.29, 0.717) is 0 Å². The number of hydrogen-bond donors (Lipinski definition) is 0. The molecule has 124 valence electrons. The zero-order valence-electron chi connectivity index (χ0n) is 14.4. The molecule has 0 fully saturated rings. The molecule has 1 aliphatic rings. The highest BCUT2D eigenvalue weighted by atomic mass is 15.2. The molecule has 0 aliphatic carbocycles. The van der Waals surface area contributed by atoms with Gasteiger partial charge in [0.25, 0.3) is 0 Å². The number of rotatable bonds is 4. The Hall–Kier alpha value is -2.27. The highest BCUT2D eigenvalue weighted by Gasteiger charge is 2.20. The first-order valence-corrected chi connectivity index (χ1v) is 8.73. The maximum absolute atomic E-state index is 4.77. The lowest BCUT2D eigenvalue weighted by Gasteiger charge is -2.27. The third-order valence-corrected chi connectivity index (χ3v) is 4.71. The van der Waals surface area contributed by atoms with Crippen LogP contribution in [0, 0.1) is 6.92 Å². The van der Waals surface area contributed by atoms with Crippen LogP contribution >= 0.6 is 0 Å². The molecular weight excluding hydrogens is 298 g/mol. The van der Waals surface area contributed by atoms with Crippen LogP contribution in [-0.2, 0) is 25.9 Å². The molecule has 0 atom stereocenters. The van der Waals surface area contributed by atoms with Crippen molar-refractivity contribution in [3.05, 3.63) is 59.2 Å². The summed E-state index contributed by atoms with van der Waals surface area (Å²) in [6.07, 6.45) is 7.17. The van der Waals surface area contributed by atoms with Gasteiger partial charge in [0, 0.05) is 56.1 Å². The minimum Gasteiger partial charge on any atom is -0.304 e. The molecule has 4 heterocycles. The van der Waals surface area contributed by atoms with E-state index in [9.17, 15) is 0 Å². The third-order valence-electron chi connectivity index (χ3n) is 4.71. The molecule has 3 aromatic rings. The van der Waals surface area contributed by atoms with Gasteiger partial charge in [0.15, 0.2) is 0 Å². The van der Waals surface area contributed by atoms with Crippen molar-refractivity contribution in [2.75, 3.05) is 6.54 Å². The van der Waals surface area contributed by atoms with Gasteiger partial charge in [-0.2, -0.15) is 0 Å². The average Bonchev–Trinajstić information content (AvgIpc) is 2.92. The Labute approximate surface area is 142 Å². The molecule has 1 aliphatic heterocycles. The summed E-state index contributed by atoms with van der Waals surface area (Å²) in [6, 6.07) is 6.27. The molecule has 0 unspecified atom stereocenters. The van der Waals surface area contributed by atoms with E-state index in [4.69, 9.17) is 9.97 Å². The molecule has 0 spiro atoms. The molecule has 0 aromatic carbocycles. The fraction of sp³-hybridized carbons (Fsp3) is 0.421. The number of nitrogens with zero attached hydrogens (tertiary/aromatic N) is 5. The predicted octanol–water partition coefficient (Wildman–Crippen LogP) is 2.94. The molecule has 5 heteroatoms. The number of aromatic nitrogens is 4. The van der Waals surface area contributed by atoms with Gasteiger partial charge in [0.05, 0.1) is 11.2 Å². The standard InChI is InChI=1S/C19H23N5/c1-3-6-19-20-11-15-12-23(10-8-16(15)22-19)13-17-18-7-4-5-9-24(18)14(2)21-17/h4-5,7,9,11H,3,6,8,10,12-13H2,1-2H3. The summed E-state index contributed by atoms with van der Waals surface area (Å²) in [4.78, 5) is 16.5. The Balaban J connectivity index is 1.54. The number of imidazole rings is 1. The van der Waals surface area contributed by atoms with Crippen LogP contribution in [0.2, 0.25) is 0 Å². The van der Waals surface area contributed by atoms with Crippen molar-refractivity contribution in [3.8, 4) is 0 Å². The first kappa shape index (κ1) is 15.3. The van der Waals surface area contributed by atoms with Gasteiger partial charge >= 0.3 is 0 Å². The van der Waals surface area contributed by atoms with Gasteiger partial charge < -0.3 is 4.40 Å². The summed E-state index contributed by atoms with van der Waals surface area (Å²) in [5.74, 6) is 2.03. The molecule has 0 saturated heterocycles. The van der Waals surface area contributed by atoms with Gasteiger partial charge in [-0.1, -0.05) is 13.0 Å². The van der Waals surface area contributed by atoms with E-state index in [1.807, 2.05) is 12.3 Å². The third kappa shape index (κ3) is 2.80. The first-order valence-electron chi connectivity index (χ1n) is 8.73. The Morgan fingerprint density at radius 1 is 1.21 bits per heavy atom. The summed E-state index contributed by atoms with van der Waals surface area (Å²) >= 11 is 0. The lowest BCUT2D eigenvalue weighted by molar-refractivity contribution is 0.241. The van der Waals surface area contributed by atoms with Crippen molar-refractivity contribution in [1.82, 2.24) is 24.3 Å². The molecule has 4 rings (SSSR count). The highest BCUT2D eigenvalue weighted by molar-refractivity contribution is 5.53. The maximum atomic E-state index is 4.77. The number of fused-ring (bicyclic) bond motifs is 2. The van der Waals surface area contributed by atoms with E-state index in [0.717, 1.165) is 56.2 Å². The molecule has 0 radical (unpaired) electrons. The second kappa shape index (κ2) is 6.32. The van der Waals surface area contributed by atoms with Gasteiger partial charge in [0.2, 0.25) is 0 Å². The first-order chi connectivity index (χ1) is 11.7. The average molecular weight is 321 g/mol. The van der Waals surface area contributed by atoms with Crippen LogP contribution in [-0.4, -0.2) is 30.8 Å². The van der Waals surface area contributed by atoms with Crippen LogP contribution in [0.3, 0.4) is 0 Å². The number of aryl methyl sites for hydroxylation is 2. The van der Waals surface area contributed by atoms with Gasteiger partial charge in [-0.25, -0.2) is 15.0 Å². The summed E-state index contributed by atoms with van der Waals surface area (Å²) in [5.41, 5.74) is 4.85. The predicted molar refractivity (Wildman–Crippen MR) is 93.8 cm³/mol. The zero-order valence-corrected chi connectivity index (χ0v) is 14.4. The van der Waals surface area contributed by atoms with Crippen LogP contribution in [0.15, 0.2) is 30.6 Å². The minimum absolute atomic E-state index is 0.873. The van der Waals surface area contributed by atoms with Crippen LogP contribution in [0.1, 0.15) is 41.9 Å². The van der Waals surface area contributed by atoms with Gasteiger partial charge in [-0.3, -0.25) is 4.90 Å². The van der Waals surface area contributed by atoms with Crippen LogP contribution in [0.4, 0.5) is 0 Å². The highest BCUT2D eigenvalue weighted by Crippen LogP contribution is 2.21. The molecule has 0 bridgehead atoms. The van der Waals surface area contributed by atoms with Gasteiger partial charge in [-0.05, 0) is 25.5 Å². The quantitative estimate of drug-likeness (QED) is 0.741. The summed E-state index contributed by atoms with van der Waals surface area (Å²) < 4.78 is 2.16. The fourth-order valence-corrected chi connectivity index (χ4v) is 3.49. The SMILES string of the molecule is CCCc1ncc2c(n1)CCN(Cc1nc(C)n3ccccc13)C2. The van der Waals surface area contributed by atoms with Crippen molar-refractivity contribution in [1.29, 1.82) is 0 Å².